The first-order valence-electron chi connectivity index (χ1n) is 6.36. The van der Waals surface area contributed by atoms with Gasteiger partial charge in [0.15, 0.2) is 5.15 Å². The van der Waals surface area contributed by atoms with Crippen LogP contribution < -0.4 is 10.5 Å². The van der Waals surface area contributed by atoms with Gasteiger partial charge in [-0.1, -0.05) is 11.6 Å². The molecule has 0 bridgehead atoms. The Balaban J connectivity index is 2.07. The van der Waals surface area contributed by atoms with Gasteiger partial charge in [0.25, 0.3) is 0 Å². The lowest BCUT2D eigenvalue weighted by Crippen LogP contribution is -2.22. The molecule has 1 aliphatic heterocycles. The molecule has 0 aliphatic carbocycles. The normalized spacial score (nSPS) is 18.2. The topological polar surface area (TPSA) is 53.1 Å². The number of imidazole rings is 1. The molecule has 0 saturated carbocycles. The van der Waals surface area contributed by atoms with Crippen molar-refractivity contribution >= 4 is 11.6 Å². The maximum atomic E-state index is 6.23. The quantitative estimate of drug-likeness (QED) is 0.918. The molecule has 2 heterocycles. The molecule has 0 spiro atoms. The molecule has 4 nitrogen and oxygen atoms in total. The molecule has 3 rings (SSSR count). The number of aromatic nitrogens is 2. The van der Waals surface area contributed by atoms with Crippen LogP contribution in [0.25, 0.3) is 11.4 Å². The minimum absolute atomic E-state index is 0.0132. The number of hydrogen-bond donors (Lipinski definition) is 1. The van der Waals surface area contributed by atoms with E-state index in [4.69, 9.17) is 22.1 Å². The molecule has 0 fully saturated rings. The van der Waals surface area contributed by atoms with Crippen LogP contribution in [0, 0.1) is 0 Å². The second kappa shape index (κ2) is 4.87. The van der Waals surface area contributed by atoms with E-state index >= 15 is 0 Å². The number of methoxy groups -OCH3 is 1. The smallest absolute Gasteiger partial charge is 0.152 e. The predicted molar refractivity (Wildman–Crippen MR) is 75.4 cm³/mol. The highest BCUT2D eigenvalue weighted by molar-refractivity contribution is 6.30. The summed E-state index contributed by atoms with van der Waals surface area (Å²) in [6.07, 6.45) is 2.03. The van der Waals surface area contributed by atoms with Crippen molar-refractivity contribution in [2.45, 2.75) is 25.4 Å². The molecule has 2 N–H and O–H groups in total. The molecule has 1 atom stereocenters. The Morgan fingerprint density at radius 1 is 1.37 bits per heavy atom. The monoisotopic (exact) mass is 277 g/mol. The van der Waals surface area contributed by atoms with Crippen LogP contribution in [0.1, 0.15) is 24.6 Å². The Labute approximate surface area is 117 Å². The van der Waals surface area contributed by atoms with Crippen molar-refractivity contribution in [3.63, 3.8) is 0 Å². The van der Waals surface area contributed by atoms with Gasteiger partial charge >= 0.3 is 0 Å². The molecule has 19 heavy (non-hydrogen) atoms. The van der Waals surface area contributed by atoms with E-state index in [-0.39, 0.29) is 6.04 Å². The van der Waals surface area contributed by atoms with E-state index < -0.39 is 0 Å². The van der Waals surface area contributed by atoms with Crippen molar-refractivity contribution < 1.29 is 4.74 Å². The van der Waals surface area contributed by atoms with Gasteiger partial charge in [-0.3, -0.25) is 0 Å². The highest BCUT2D eigenvalue weighted by atomic mass is 35.5. The Bertz CT molecular complexity index is 591. The van der Waals surface area contributed by atoms with Crippen molar-refractivity contribution in [3.05, 3.63) is 35.1 Å². The van der Waals surface area contributed by atoms with Crippen LogP contribution in [0.15, 0.2) is 24.3 Å². The molecule has 0 saturated heterocycles. The second-order valence-corrected chi connectivity index (χ2v) is 5.10. The van der Waals surface area contributed by atoms with Gasteiger partial charge in [0.2, 0.25) is 0 Å². The summed E-state index contributed by atoms with van der Waals surface area (Å²) >= 11 is 6.23. The third kappa shape index (κ3) is 2.11. The van der Waals surface area contributed by atoms with Crippen LogP contribution in [0.4, 0.5) is 0 Å². The maximum absolute atomic E-state index is 6.23. The van der Waals surface area contributed by atoms with Crippen molar-refractivity contribution in [2.24, 2.45) is 5.73 Å². The van der Waals surface area contributed by atoms with E-state index in [1.54, 1.807) is 7.11 Å². The maximum Gasteiger partial charge on any atom is 0.152 e. The molecule has 100 valence electrons. The average molecular weight is 278 g/mol. The van der Waals surface area contributed by atoms with E-state index in [0.29, 0.717) is 5.15 Å². The lowest BCUT2D eigenvalue weighted by molar-refractivity contribution is 0.415. The van der Waals surface area contributed by atoms with Gasteiger partial charge < -0.3 is 15.0 Å². The standard InChI is InChI=1S/C14H16ClN3O/c1-19-10-6-4-9(5-7-10)14-17-13(15)12-11(16)3-2-8-18(12)14/h4-7,11H,2-3,8,16H2,1H3. The molecule has 1 aliphatic rings. The van der Waals surface area contributed by atoms with Crippen LogP contribution in [0.2, 0.25) is 5.15 Å². The third-order valence-corrected chi connectivity index (χ3v) is 3.84. The minimum Gasteiger partial charge on any atom is -0.497 e. The summed E-state index contributed by atoms with van der Waals surface area (Å²) in [4.78, 5) is 4.48. The SMILES string of the molecule is COc1ccc(-c2nc(Cl)c3n2CCCC3N)cc1. The zero-order valence-corrected chi connectivity index (χ0v) is 11.5. The number of nitrogens with two attached hydrogens (primary N) is 1. The molecule has 0 radical (unpaired) electrons. The summed E-state index contributed by atoms with van der Waals surface area (Å²) < 4.78 is 7.30. The molecule has 1 aromatic carbocycles. The minimum atomic E-state index is -0.0132. The van der Waals surface area contributed by atoms with Crippen molar-refractivity contribution in [1.29, 1.82) is 0 Å². The lowest BCUT2D eigenvalue weighted by Gasteiger charge is -2.22. The number of hydrogen-bond acceptors (Lipinski definition) is 3. The van der Waals surface area contributed by atoms with Gasteiger partial charge in [-0.25, -0.2) is 4.98 Å². The fourth-order valence-electron chi connectivity index (χ4n) is 2.58. The summed E-state index contributed by atoms with van der Waals surface area (Å²) in [5.41, 5.74) is 8.11. The van der Waals surface area contributed by atoms with Gasteiger partial charge in [0, 0.05) is 18.2 Å². The van der Waals surface area contributed by atoms with E-state index in [0.717, 1.165) is 42.2 Å². The van der Waals surface area contributed by atoms with Gasteiger partial charge in [0.05, 0.1) is 12.8 Å². The highest BCUT2D eigenvalue weighted by Crippen LogP contribution is 2.34. The molecule has 1 unspecified atom stereocenters. The van der Waals surface area contributed by atoms with Crippen LogP contribution in [0.5, 0.6) is 5.75 Å². The van der Waals surface area contributed by atoms with E-state index in [9.17, 15) is 0 Å². The Morgan fingerprint density at radius 2 is 2.11 bits per heavy atom. The van der Waals surface area contributed by atoms with Gasteiger partial charge in [-0.2, -0.15) is 0 Å². The van der Waals surface area contributed by atoms with Crippen LogP contribution in [-0.4, -0.2) is 16.7 Å². The number of ether oxygens (including phenoxy) is 1. The number of halogens is 1. The number of fused-ring (bicyclic) bond motifs is 1. The molecular weight excluding hydrogens is 262 g/mol. The highest BCUT2D eigenvalue weighted by Gasteiger charge is 2.25. The molecular formula is C14H16ClN3O. The van der Waals surface area contributed by atoms with Crippen molar-refractivity contribution in [1.82, 2.24) is 9.55 Å². The molecule has 0 amide bonds. The van der Waals surface area contributed by atoms with Crippen LogP contribution in [-0.2, 0) is 6.54 Å². The van der Waals surface area contributed by atoms with E-state index in [1.165, 1.54) is 0 Å². The van der Waals surface area contributed by atoms with Crippen molar-refractivity contribution in [3.8, 4) is 17.1 Å². The fraction of sp³-hybridized carbons (Fsp3) is 0.357. The number of nitrogens with zero attached hydrogens (tertiary/aromatic N) is 2. The molecule has 5 heteroatoms. The first kappa shape index (κ1) is 12.5. The second-order valence-electron chi connectivity index (χ2n) is 4.74. The Hall–Kier alpha value is -1.52. The number of benzene rings is 1. The average Bonchev–Trinajstić information content (AvgIpc) is 2.78. The Kier molecular flexibility index (Phi) is 3.21. The summed E-state index contributed by atoms with van der Waals surface area (Å²) in [6.45, 7) is 0.921. The van der Waals surface area contributed by atoms with Crippen LogP contribution in [0.3, 0.4) is 0 Å². The fourth-order valence-corrected chi connectivity index (χ4v) is 2.90. The first-order chi connectivity index (χ1) is 9.20. The van der Waals surface area contributed by atoms with Gasteiger partial charge in [-0.05, 0) is 37.1 Å². The summed E-state index contributed by atoms with van der Waals surface area (Å²) in [7, 11) is 1.66. The molecule has 1 aromatic heterocycles. The van der Waals surface area contributed by atoms with Crippen molar-refractivity contribution in [2.75, 3.05) is 7.11 Å². The largest absolute Gasteiger partial charge is 0.497 e. The summed E-state index contributed by atoms with van der Waals surface area (Å²) in [5.74, 6) is 1.72. The van der Waals surface area contributed by atoms with E-state index in [2.05, 4.69) is 9.55 Å². The number of rotatable bonds is 2. The van der Waals surface area contributed by atoms with Crippen LogP contribution >= 0.6 is 11.6 Å². The summed E-state index contributed by atoms with van der Waals surface area (Å²) in [6, 6.07) is 7.82. The van der Waals surface area contributed by atoms with Gasteiger partial charge in [-0.15, -0.1) is 0 Å². The Morgan fingerprint density at radius 3 is 2.79 bits per heavy atom. The lowest BCUT2D eigenvalue weighted by atomic mass is 10.1. The third-order valence-electron chi connectivity index (χ3n) is 3.56. The summed E-state index contributed by atoms with van der Waals surface area (Å²) in [5, 5.41) is 0.526. The zero-order chi connectivity index (χ0) is 13.4. The van der Waals surface area contributed by atoms with E-state index in [1.807, 2.05) is 24.3 Å². The first-order valence-corrected chi connectivity index (χ1v) is 6.74. The van der Waals surface area contributed by atoms with Gasteiger partial charge in [0.1, 0.15) is 11.6 Å². The predicted octanol–water partition coefficient (Wildman–Crippen LogP) is 3.01. The molecule has 2 aromatic rings. The zero-order valence-electron chi connectivity index (χ0n) is 10.8.